The molecule has 130 valence electrons. The molecule has 2 aromatic rings. The largest absolute Gasteiger partial charge is 0.339 e. The van der Waals surface area contributed by atoms with Gasteiger partial charge in [0.1, 0.15) is 0 Å². The van der Waals surface area contributed by atoms with E-state index < -0.39 is 8.07 Å². The van der Waals surface area contributed by atoms with Crippen molar-refractivity contribution in [3.05, 3.63) is 48.3 Å². The summed E-state index contributed by atoms with van der Waals surface area (Å²) in [5.41, 5.74) is 1.76. The third-order valence-corrected chi connectivity index (χ3v) is 7.25. The normalized spacial score (nSPS) is 20.5. The second-order valence-corrected chi connectivity index (χ2v) is 13.7. The fraction of sp³-hybridized carbons (Fsp3) is 0.500. The average molecular weight is 344 g/mol. The van der Waals surface area contributed by atoms with Gasteiger partial charge in [-0.1, -0.05) is 31.8 Å². The Bertz CT molecular complexity index is 711. The summed E-state index contributed by atoms with van der Waals surface area (Å²) in [4.78, 5) is 0. The average Bonchev–Trinajstić information content (AvgIpc) is 3.04. The molecule has 1 fully saturated rings. The molecule has 0 unspecified atom stereocenters. The molecule has 4 heteroatoms. The van der Waals surface area contributed by atoms with Crippen molar-refractivity contribution >= 4 is 13.3 Å². The summed E-state index contributed by atoms with van der Waals surface area (Å²) in [6.45, 7) is 15.5. The maximum atomic E-state index is 6.23. The number of nitrogens with zero attached hydrogens (tertiary/aromatic N) is 1. The van der Waals surface area contributed by atoms with Crippen LogP contribution in [-0.2, 0) is 9.47 Å². The van der Waals surface area contributed by atoms with Crippen molar-refractivity contribution < 1.29 is 9.47 Å². The van der Waals surface area contributed by atoms with Crippen LogP contribution < -0.4 is 5.19 Å². The second kappa shape index (κ2) is 5.58. The van der Waals surface area contributed by atoms with Crippen molar-refractivity contribution in [2.75, 3.05) is 0 Å². The summed E-state index contributed by atoms with van der Waals surface area (Å²) in [5.74, 6) is 0. The number of benzene rings is 1. The molecule has 1 aliphatic rings. The molecule has 0 bridgehead atoms. The fourth-order valence-corrected chi connectivity index (χ4v) is 4.58. The zero-order chi connectivity index (χ0) is 17.8. The van der Waals surface area contributed by atoms with Gasteiger partial charge in [0.25, 0.3) is 0 Å². The van der Waals surface area contributed by atoms with Gasteiger partial charge in [0.05, 0.1) is 19.3 Å². The Hall–Kier alpha value is -1.36. The van der Waals surface area contributed by atoms with Crippen LogP contribution in [0.1, 0.15) is 39.5 Å². The molecule has 1 aromatic carbocycles. The highest BCUT2D eigenvalue weighted by atomic mass is 28.3. The Morgan fingerprint density at radius 1 is 0.917 bits per heavy atom. The van der Waals surface area contributed by atoms with Gasteiger partial charge < -0.3 is 14.0 Å². The Morgan fingerprint density at radius 2 is 1.46 bits per heavy atom. The molecule has 2 heterocycles. The molecule has 24 heavy (non-hydrogen) atoms. The molecule has 1 saturated heterocycles. The van der Waals surface area contributed by atoms with Crippen LogP contribution in [0.15, 0.2) is 42.7 Å². The molecule has 0 atom stereocenters. The standard InChI is InChI=1S/C20H29NO2Si/c1-19(2)20(3,4)23-18(22-19)15-10-11-16(21-12-8-9-13-21)17(14-15)24(5,6)7/h8-14,18H,1-7H3. The van der Waals surface area contributed by atoms with Crippen LogP contribution in [0.2, 0.25) is 19.6 Å². The van der Waals surface area contributed by atoms with Crippen LogP contribution in [0.4, 0.5) is 0 Å². The van der Waals surface area contributed by atoms with E-state index in [0.717, 1.165) is 5.56 Å². The summed E-state index contributed by atoms with van der Waals surface area (Å²) >= 11 is 0. The van der Waals surface area contributed by atoms with Gasteiger partial charge >= 0.3 is 0 Å². The first-order valence-electron chi connectivity index (χ1n) is 8.65. The zero-order valence-electron chi connectivity index (χ0n) is 15.9. The van der Waals surface area contributed by atoms with Crippen LogP contribution in [-0.4, -0.2) is 23.8 Å². The van der Waals surface area contributed by atoms with Crippen LogP contribution in [0, 0.1) is 0 Å². The topological polar surface area (TPSA) is 23.4 Å². The van der Waals surface area contributed by atoms with Crippen molar-refractivity contribution in [1.82, 2.24) is 4.57 Å². The Balaban J connectivity index is 2.03. The fourth-order valence-electron chi connectivity index (χ4n) is 3.00. The molecule has 1 aromatic heterocycles. The van der Waals surface area contributed by atoms with Gasteiger partial charge in [-0.3, -0.25) is 0 Å². The molecular weight excluding hydrogens is 314 g/mol. The lowest BCUT2D eigenvalue weighted by Crippen LogP contribution is -2.41. The number of ether oxygens (including phenoxy) is 2. The van der Waals surface area contributed by atoms with E-state index in [1.54, 1.807) is 0 Å². The smallest absolute Gasteiger partial charge is 0.185 e. The summed E-state index contributed by atoms with van der Waals surface area (Å²) in [7, 11) is -1.52. The summed E-state index contributed by atoms with van der Waals surface area (Å²) in [6.07, 6.45) is 3.91. The predicted molar refractivity (Wildman–Crippen MR) is 102 cm³/mol. The lowest BCUT2D eigenvalue weighted by molar-refractivity contribution is -0.0895. The van der Waals surface area contributed by atoms with Crippen LogP contribution in [0.3, 0.4) is 0 Å². The van der Waals surface area contributed by atoms with E-state index in [1.807, 2.05) is 0 Å². The molecule has 1 aliphatic heterocycles. The maximum Gasteiger partial charge on any atom is 0.185 e. The summed E-state index contributed by atoms with van der Waals surface area (Å²) < 4.78 is 14.7. The summed E-state index contributed by atoms with van der Waals surface area (Å²) in [5, 5.41) is 1.42. The van der Waals surface area contributed by atoms with Crippen LogP contribution in [0.25, 0.3) is 5.69 Å². The van der Waals surface area contributed by atoms with Gasteiger partial charge in [-0.05, 0) is 51.1 Å². The van der Waals surface area contributed by atoms with Gasteiger partial charge in [-0.15, -0.1) is 0 Å². The molecule has 0 N–H and O–H groups in total. The number of rotatable bonds is 3. The first-order valence-corrected chi connectivity index (χ1v) is 12.1. The Labute approximate surface area is 146 Å². The minimum Gasteiger partial charge on any atom is -0.339 e. The third kappa shape index (κ3) is 2.98. The monoisotopic (exact) mass is 343 g/mol. The quantitative estimate of drug-likeness (QED) is 0.759. The highest BCUT2D eigenvalue weighted by Gasteiger charge is 2.49. The first kappa shape index (κ1) is 17.5. The van der Waals surface area contributed by atoms with E-state index in [1.165, 1.54) is 10.9 Å². The van der Waals surface area contributed by atoms with Crippen molar-refractivity contribution in [1.29, 1.82) is 0 Å². The van der Waals surface area contributed by atoms with Gasteiger partial charge in [-0.25, -0.2) is 0 Å². The minimum absolute atomic E-state index is 0.302. The maximum absolute atomic E-state index is 6.23. The Kier molecular flexibility index (Phi) is 4.06. The summed E-state index contributed by atoms with van der Waals surface area (Å²) in [6, 6.07) is 10.8. The minimum atomic E-state index is -1.52. The number of aromatic nitrogens is 1. The van der Waals surface area contributed by atoms with E-state index in [0.29, 0.717) is 0 Å². The van der Waals surface area contributed by atoms with Crippen molar-refractivity contribution in [2.45, 2.75) is 64.8 Å². The van der Waals surface area contributed by atoms with E-state index in [-0.39, 0.29) is 17.5 Å². The van der Waals surface area contributed by atoms with Crippen molar-refractivity contribution in [3.8, 4) is 5.69 Å². The molecule has 0 radical (unpaired) electrons. The number of hydrogen-bond acceptors (Lipinski definition) is 2. The predicted octanol–water partition coefficient (Wildman–Crippen LogP) is 4.63. The van der Waals surface area contributed by atoms with Gasteiger partial charge in [0.2, 0.25) is 0 Å². The lowest BCUT2D eigenvalue weighted by Gasteiger charge is -2.30. The highest BCUT2D eigenvalue weighted by Crippen LogP contribution is 2.44. The third-order valence-electron chi connectivity index (χ3n) is 5.24. The molecule has 3 rings (SSSR count). The van der Waals surface area contributed by atoms with Gasteiger partial charge in [-0.2, -0.15) is 0 Å². The highest BCUT2D eigenvalue weighted by molar-refractivity contribution is 6.89. The first-order chi connectivity index (χ1) is 11.0. The lowest BCUT2D eigenvalue weighted by atomic mass is 9.90. The zero-order valence-corrected chi connectivity index (χ0v) is 16.9. The molecule has 0 aliphatic carbocycles. The van der Waals surface area contributed by atoms with Gasteiger partial charge in [0, 0.05) is 23.6 Å². The molecular formula is C20H29NO2Si. The Morgan fingerprint density at radius 3 is 1.96 bits per heavy atom. The van der Waals surface area contributed by atoms with E-state index in [9.17, 15) is 0 Å². The SMILES string of the molecule is CC1(C)OC(c2ccc(-n3cccc3)c([Si](C)(C)C)c2)OC1(C)C. The van der Waals surface area contributed by atoms with Gasteiger partial charge in [0.15, 0.2) is 6.29 Å². The van der Waals surface area contributed by atoms with E-state index >= 15 is 0 Å². The molecule has 0 spiro atoms. The van der Waals surface area contributed by atoms with Crippen molar-refractivity contribution in [3.63, 3.8) is 0 Å². The molecule has 0 saturated carbocycles. The van der Waals surface area contributed by atoms with Crippen LogP contribution >= 0.6 is 0 Å². The van der Waals surface area contributed by atoms with Crippen molar-refractivity contribution in [2.24, 2.45) is 0 Å². The van der Waals surface area contributed by atoms with E-state index in [2.05, 4.69) is 94.6 Å². The number of hydrogen-bond donors (Lipinski definition) is 0. The van der Waals surface area contributed by atoms with Crippen LogP contribution in [0.5, 0.6) is 0 Å². The van der Waals surface area contributed by atoms with E-state index in [4.69, 9.17) is 9.47 Å². The second-order valence-electron chi connectivity index (χ2n) is 8.71. The molecule has 0 amide bonds. The molecule has 3 nitrogen and oxygen atoms in total.